The van der Waals surface area contributed by atoms with Gasteiger partial charge in [-0.05, 0) is 12.8 Å². The molecule has 0 radical (unpaired) electrons. The van der Waals surface area contributed by atoms with Crippen LogP contribution in [0.2, 0.25) is 0 Å². The number of carbonyl (C=O) groups is 1. The first-order chi connectivity index (χ1) is 12.1. The van der Waals surface area contributed by atoms with Gasteiger partial charge in [0, 0.05) is 13.0 Å². The Bertz CT molecular complexity index is 738. The number of piperidine rings is 1. The largest absolute Gasteiger partial charge is 0.371 e. The maximum atomic E-state index is 12.9. The maximum Gasteiger partial charge on any atom is 0.272 e. The van der Waals surface area contributed by atoms with Crippen LogP contribution < -0.4 is 5.32 Å². The summed E-state index contributed by atoms with van der Waals surface area (Å²) in [5.41, 5.74) is 0.135. The number of hydrogen-bond donors (Lipinski definition) is 2. The van der Waals surface area contributed by atoms with E-state index in [4.69, 9.17) is 4.74 Å². The van der Waals surface area contributed by atoms with Crippen molar-refractivity contribution in [3.8, 4) is 0 Å². The standard InChI is InChI=1S/C16H19FN6O2/c17-11-5-19-15(20-6-11)22-12-4-16(25-8-12)2-1-3-23(9-16)14(24)13-7-18-10-21-13/h5-7,10,12H,1-4,8-9H2,(H,18,21)(H,19,20,22)/t12-,16-/m1/s1. The fourth-order valence-corrected chi connectivity index (χ4v) is 3.61. The number of anilines is 1. The third-order valence-electron chi connectivity index (χ3n) is 4.72. The smallest absolute Gasteiger partial charge is 0.272 e. The lowest BCUT2D eigenvalue weighted by Gasteiger charge is -2.39. The summed E-state index contributed by atoms with van der Waals surface area (Å²) in [5, 5.41) is 3.18. The molecule has 4 rings (SSSR count). The number of halogens is 1. The molecule has 132 valence electrons. The molecular weight excluding hydrogens is 327 g/mol. The van der Waals surface area contributed by atoms with Gasteiger partial charge in [-0.1, -0.05) is 0 Å². The third-order valence-corrected chi connectivity index (χ3v) is 4.72. The van der Waals surface area contributed by atoms with Crippen LogP contribution in [0.1, 0.15) is 29.8 Å². The molecule has 2 aromatic heterocycles. The van der Waals surface area contributed by atoms with Crippen molar-refractivity contribution in [1.82, 2.24) is 24.8 Å². The number of rotatable bonds is 3. The van der Waals surface area contributed by atoms with Crippen LogP contribution in [0.5, 0.6) is 0 Å². The second-order valence-corrected chi connectivity index (χ2v) is 6.56. The molecule has 4 heterocycles. The number of nitrogens with zero attached hydrogens (tertiary/aromatic N) is 4. The molecule has 0 saturated carbocycles. The number of nitrogens with one attached hydrogen (secondary N) is 2. The highest BCUT2D eigenvalue weighted by atomic mass is 19.1. The Labute approximate surface area is 143 Å². The minimum atomic E-state index is -0.468. The average Bonchev–Trinajstić information content (AvgIpc) is 3.27. The molecule has 2 aliphatic rings. The van der Waals surface area contributed by atoms with Crippen LogP contribution >= 0.6 is 0 Å². The summed E-state index contributed by atoms with van der Waals surface area (Å²) in [6.07, 6.45) is 7.85. The topological polar surface area (TPSA) is 96.0 Å². The highest BCUT2D eigenvalue weighted by Crippen LogP contribution is 2.35. The number of aromatic nitrogens is 4. The Kier molecular flexibility index (Phi) is 4.08. The van der Waals surface area contributed by atoms with Gasteiger partial charge in [0.2, 0.25) is 5.95 Å². The number of amides is 1. The Morgan fingerprint density at radius 1 is 1.40 bits per heavy atom. The molecule has 0 aliphatic carbocycles. The summed E-state index contributed by atoms with van der Waals surface area (Å²) in [7, 11) is 0. The molecule has 0 bridgehead atoms. The van der Waals surface area contributed by atoms with Gasteiger partial charge in [0.15, 0.2) is 5.82 Å². The van der Waals surface area contributed by atoms with Crippen molar-refractivity contribution >= 4 is 11.9 Å². The predicted molar refractivity (Wildman–Crippen MR) is 86.4 cm³/mol. The van der Waals surface area contributed by atoms with Crippen LogP contribution in [0.25, 0.3) is 0 Å². The summed E-state index contributed by atoms with van der Waals surface area (Å²) in [6.45, 7) is 1.77. The lowest BCUT2D eigenvalue weighted by atomic mass is 9.88. The molecular formula is C16H19FN6O2. The number of carbonyl (C=O) groups excluding carboxylic acids is 1. The molecule has 25 heavy (non-hydrogen) atoms. The van der Waals surface area contributed by atoms with Gasteiger partial charge in [0.05, 0.1) is 49.7 Å². The van der Waals surface area contributed by atoms with Crippen LogP contribution in [-0.2, 0) is 4.74 Å². The Balaban J connectivity index is 1.40. The highest BCUT2D eigenvalue weighted by molar-refractivity contribution is 5.92. The van der Waals surface area contributed by atoms with Crippen LogP contribution in [0, 0.1) is 5.82 Å². The van der Waals surface area contributed by atoms with Crippen LogP contribution in [0.4, 0.5) is 10.3 Å². The van der Waals surface area contributed by atoms with Gasteiger partial charge in [-0.3, -0.25) is 4.79 Å². The molecule has 1 amide bonds. The normalized spacial score (nSPS) is 26.1. The zero-order valence-corrected chi connectivity index (χ0v) is 13.6. The third kappa shape index (κ3) is 3.32. The monoisotopic (exact) mass is 346 g/mol. The molecule has 1 spiro atoms. The van der Waals surface area contributed by atoms with Crippen LogP contribution in [-0.4, -0.2) is 62.1 Å². The van der Waals surface area contributed by atoms with E-state index in [1.54, 1.807) is 0 Å². The zero-order valence-electron chi connectivity index (χ0n) is 13.6. The number of aromatic amines is 1. The number of ether oxygens (including phenoxy) is 1. The molecule has 8 nitrogen and oxygen atoms in total. The summed E-state index contributed by atoms with van der Waals surface area (Å²) in [6, 6.07) is 0.0349. The van der Waals surface area contributed by atoms with Gasteiger partial charge in [-0.2, -0.15) is 0 Å². The van der Waals surface area contributed by atoms with Crippen LogP contribution in [0.3, 0.4) is 0 Å². The maximum absolute atomic E-state index is 12.9. The first-order valence-corrected chi connectivity index (χ1v) is 8.29. The Morgan fingerprint density at radius 2 is 2.24 bits per heavy atom. The summed E-state index contributed by atoms with van der Waals surface area (Å²) < 4.78 is 19.0. The molecule has 2 N–H and O–H groups in total. The quantitative estimate of drug-likeness (QED) is 0.867. The van der Waals surface area contributed by atoms with E-state index in [0.29, 0.717) is 31.3 Å². The van der Waals surface area contributed by atoms with E-state index < -0.39 is 5.82 Å². The average molecular weight is 346 g/mol. The first kappa shape index (κ1) is 15.9. The van der Waals surface area contributed by atoms with E-state index in [9.17, 15) is 9.18 Å². The summed E-state index contributed by atoms with van der Waals surface area (Å²) >= 11 is 0. The fourth-order valence-electron chi connectivity index (χ4n) is 3.61. The summed E-state index contributed by atoms with van der Waals surface area (Å²) in [5.74, 6) is -0.142. The molecule has 2 atom stereocenters. The lowest BCUT2D eigenvalue weighted by molar-refractivity contribution is -0.0448. The molecule has 2 fully saturated rings. The van der Waals surface area contributed by atoms with Crippen molar-refractivity contribution < 1.29 is 13.9 Å². The second kappa shape index (κ2) is 6.40. The van der Waals surface area contributed by atoms with Crippen LogP contribution in [0.15, 0.2) is 24.9 Å². The first-order valence-electron chi connectivity index (χ1n) is 8.29. The molecule has 9 heteroatoms. The van der Waals surface area contributed by atoms with Gasteiger partial charge < -0.3 is 19.9 Å². The van der Waals surface area contributed by atoms with Crippen molar-refractivity contribution in [3.63, 3.8) is 0 Å². The SMILES string of the molecule is O=C(c1cnc[nH]1)N1CCC[C@@]2(C[C@@H](Nc3ncc(F)cn3)CO2)C1. The molecule has 2 aromatic rings. The molecule has 0 aromatic carbocycles. The van der Waals surface area contributed by atoms with Gasteiger partial charge in [0.1, 0.15) is 5.69 Å². The number of hydrogen-bond acceptors (Lipinski definition) is 6. The number of likely N-dealkylation sites (tertiary alicyclic amines) is 1. The zero-order chi connectivity index (χ0) is 17.3. The Morgan fingerprint density at radius 3 is 3.00 bits per heavy atom. The van der Waals surface area contributed by atoms with E-state index >= 15 is 0 Å². The van der Waals surface area contributed by atoms with E-state index in [2.05, 4.69) is 25.3 Å². The van der Waals surface area contributed by atoms with Gasteiger partial charge >= 0.3 is 0 Å². The van der Waals surface area contributed by atoms with Gasteiger partial charge in [-0.15, -0.1) is 0 Å². The van der Waals surface area contributed by atoms with E-state index in [0.717, 1.165) is 31.7 Å². The van der Waals surface area contributed by atoms with Crippen molar-refractivity contribution in [1.29, 1.82) is 0 Å². The van der Waals surface area contributed by atoms with E-state index in [-0.39, 0.29) is 17.6 Å². The van der Waals surface area contributed by atoms with Crippen molar-refractivity contribution in [3.05, 3.63) is 36.4 Å². The predicted octanol–water partition coefficient (Wildman–Crippen LogP) is 1.21. The highest BCUT2D eigenvalue weighted by Gasteiger charge is 2.44. The minimum absolute atomic E-state index is 0.0349. The van der Waals surface area contributed by atoms with Gasteiger partial charge in [-0.25, -0.2) is 19.3 Å². The lowest BCUT2D eigenvalue weighted by Crippen LogP contribution is -2.50. The fraction of sp³-hybridized carbons (Fsp3) is 0.500. The van der Waals surface area contributed by atoms with Gasteiger partial charge in [0.25, 0.3) is 5.91 Å². The molecule has 0 unspecified atom stereocenters. The molecule has 2 aliphatic heterocycles. The van der Waals surface area contributed by atoms with E-state index in [1.165, 1.54) is 12.5 Å². The second-order valence-electron chi connectivity index (χ2n) is 6.56. The molecule has 2 saturated heterocycles. The number of imidazole rings is 1. The Hall–Kier alpha value is -2.55. The van der Waals surface area contributed by atoms with Crippen molar-refractivity contribution in [2.24, 2.45) is 0 Å². The number of H-pyrrole nitrogens is 1. The minimum Gasteiger partial charge on any atom is -0.371 e. The van der Waals surface area contributed by atoms with Crippen molar-refractivity contribution in [2.75, 3.05) is 25.0 Å². The van der Waals surface area contributed by atoms with Crippen molar-refractivity contribution in [2.45, 2.75) is 30.9 Å². The van der Waals surface area contributed by atoms with E-state index in [1.807, 2.05) is 4.90 Å². The summed E-state index contributed by atoms with van der Waals surface area (Å²) in [4.78, 5) is 29.0.